The molecular formula is C19H18F2N4O4S. The Morgan fingerprint density at radius 3 is 2.70 bits per heavy atom. The van der Waals surface area contributed by atoms with Gasteiger partial charge in [0.25, 0.3) is 17.7 Å². The first-order valence-corrected chi connectivity index (χ1v) is 10.5. The molecule has 3 heterocycles. The second kappa shape index (κ2) is 7.71. The molecule has 8 nitrogen and oxygen atoms in total. The molecule has 11 heteroatoms. The van der Waals surface area contributed by atoms with Crippen molar-refractivity contribution in [3.8, 4) is 11.5 Å². The summed E-state index contributed by atoms with van der Waals surface area (Å²) < 4.78 is 38.2. The van der Waals surface area contributed by atoms with Crippen molar-refractivity contribution >= 4 is 23.8 Å². The Bertz CT molecular complexity index is 997. The zero-order chi connectivity index (χ0) is 20.8. The lowest BCUT2D eigenvalue weighted by atomic mass is 10.1. The lowest BCUT2D eigenvalue weighted by Gasteiger charge is -2.36. The van der Waals surface area contributed by atoms with Gasteiger partial charge in [-0.05, 0) is 31.0 Å². The quantitative estimate of drug-likeness (QED) is 0.505. The summed E-state index contributed by atoms with van der Waals surface area (Å²) in [5.74, 6) is -1.71. The SMILES string of the molecule is O=C1c2ccc(-c3nnc(C(F)F)o3)cc2C(=O)N1C[C@H]1COCCN1SC1CC1. The molecule has 2 amide bonds. The minimum Gasteiger partial charge on any atom is -0.415 e. The smallest absolute Gasteiger partial charge is 0.314 e. The van der Waals surface area contributed by atoms with Gasteiger partial charge in [0.2, 0.25) is 5.89 Å². The third kappa shape index (κ3) is 3.61. The average molecular weight is 436 g/mol. The van der Waals surface area contributed by atoms with Crippen molar-refractivity contribution in [1.82, 2.24) is 19.4 Å². The summed E-state index contributed by atoms with van der Waals surface area (Å²) in [7, 11) is 0. The molecule has 1 atom stereocenters. The highest BCUT2D eigenvalue weighted by Gasteiger charge is 2.40. The minimum atomic E-state index is -2.88. The predicted octanol–water partition coefficient (Wildman–Crippen LogP) is 2.78. The van der Waals surface area contributed by atoms with Crippen molar-refractivity contribution in [3.63, 3.8) is 0 Å². The molecule has 2 fully saturated rings. The van der Waals surface area contributed by atoms with Crippen LogP contribution in [0, 0.1) is 0 Å². The van der Waals surface area contributed by atoms with Gasteiger partial charge in [-0.25, -0.2) is 4.31 Å². The van der Waals surface area contributed by atoms with Crippen LogP contribution in [0.3, 0.4) is 0 Å². The van der Waals surface area contributed by atoms with E-state index in [1.165, 1.54) is 35.9 Å². The van der Waals surface area contributed by atoms with E-state index in [9.17, 15) is 18.4 Å². The molecule has 0 N–H and O–H groups in total. The molecule has 2 aliphatic heterocycles. The third-order valence-electron chi connectivity index (χ3n) is 5.22. The highest BCUT2D eigenvalue weighted by atomic mass is 32.2. The van der Waals surface area contributed by atoms with E-state index in [1.807, 2.05) is 0 Å². The van der Waals surface area contributed by atoms with E-state index in [4.69, 9.17) is 9.15 Å². The van der Waals surface area contributed by atoms with E-state index in [0.29, 0.717) is 24.0 Å². The molecule has 0 bridgehead atoms. The molecule has 158 valence electrons. The molecule has 0 spiro atoms. The predicted molar refractivity (Wildman–Crippen MR) is 102 cm³/mol. The Morgan fingerprint density at radius 2 is 1.97 bits per heavy atom. The van der Waals surface area contributed by atoms with Crippen molar-refractivity contribution in [2.75, 3.05) is 26.3 Å². The van der Waals surface area contributed by atoms with Gasteiger partial charge >= 0.3 is 6.43 Å². The Labute approximate surface area is 174 Å². The van der Waals surface area contributed by atoms with Crippen LogP contribution in [0.25, 0.3) is 11.5 Å². The highest BCUT2D eigenvalue weighted by Crippen LogP contribution is 2.38. The summed E-state index contributed by atoms with van der Waals surface area (Å²) in [5.41, 5.74) is 0.783. The molecule has 1 aromatic carbocycles. The Balaban J connectivity index is 1.36. The van der Waals surface area contributed by atoms with Crippen molar-refractivity contribution in [1.29, 1.82) is 0 Å². The van der Waals surface area contributed by atoms with E-state index in [-0.39, 0.29) is 35.5 Å². The van der Waals surface area contributed by atoms with Crippen LogP contribution in [-0.4, -0.2) is 68.8 Å². The fraction of sp³-hybridized carbons (Fsp3) is 0.474. The summed E-state index contributed by atoms with van der Waals surface area (Å²) in [6.07, 6.45) is -0.505. The number of alkyl halides is 2. The monoisotopic (exact) mass is 436 g/mol. The first kappa shape index (κ1) is 19.6. The molecule has 0 radical (unpaired) electrons. The Kier molecular flexibility index (Phi) is 5.03. The maximum Gasteiger partial charge on any atom is 0.314 e. The summed E-state index contributed by atoms with van der Waals surface area (Å²) in [5, 5.41) is 7.51. The van der Waals surface area contributed by atoms with Crippen LogP contribution in [0.2, 0.25) is 0 Å². The molecular weight excluding hydrogens is 418 g/mol. The number of ether oxygens (including phenoxy) is 1. The number of hydrogen-bond acceptors (Lipinski definition) is 8. The number of imide groups is 1. The molecule has 1 aromatic heterocycles. The van der Waals surface area contributed by atoms with Gasteiger partial charge in [0.05, 0.1) is 30.4 Å². The second-order valence-corrected chi connectivity index (χ2v) is 8.75. The van der Waals surface area contributed by atoms with Crippen LogP contribution in [0.4, 0.5) is 8.78 Å². The van der Waals surface area contributed by atoms with Gasteiger partial charge in [-0.15, -0.1) is 10.2 Å². The zero-order valence-corrected chi connectivity index (χ0v) is 16.6. The number of rotatable bonds is 6. The lowest BCUT2D eigenvalue weighted by Crippen LogP contribution is -2.49. The largest absolute Gasteiger partial charge is 0.415 e. The van der Waals surface area contributed by atoms with Crippen LogP contribution in [0.15, 0.2) is 22.6 Å². The summed E-state index contributed by atoms with van der Waals surface area (Å²) >= 11 is 1.78. The molecule has 3 aliphatic rings. The highest BCUT2D eigenvalue weighted by molar-refractivity contribution is 7.97. The first-order valence-electron chi connectivity index (χ1n) is 9.64. The van der Waals surface area contributed by atoms with Crippen molar-refractivity contribution in [2.24, 2.45) is 0 Å². The zero-order valence-electron chi connectivity index (χ0n) is 15.8. The normalized spacial score (nSPS) is 22.2. The average Bonchev–Trinajstić information content (AvgIpc) is 3.36. The Morgan fingerprint density at radius 1 is 1.17 bits per heavy atom. The number of fused-ring (bicyclic) bond motifs is 1. The van der Waals surface area contributed by atoms with E-state index < -0.39 is 18.2 Å². The van der Waals surface area contributed by atoms with Crippen LogP contribution >= 0.6 is 11.9 Å². The molecule has 1 saturated carbocycles. The van der Waals surface area contributed by atoms with Gasteiger partial charge in [0.15, 0.2) is 0 Å². The Hall–Kier alpha value is -2.37. The van der Waals surface area contributed by atoms with Gasteiger partial charge in [-0.2, -0.15) is 8.78 Å². The summed E-state index contributed by atoms with van der Waals surface area (Å²) in [6.45, 7) is 2.07. The third-order valence-corrected chi connectivity index (χ3v) is 6.74. The number of carbonyl (C=O) groups is 2. The maximum absolute atomic E-state index is 13.0. The fourth-order valence-electron chi connectivity index (χ4n) is 3.53. The van der Waals surface area contributed by atoms with Gasteiger partial charge < -0.3 is 9.15 Å². The van der Waals surface area contributed by atoms with Crippen LogP contribution in [0.5, 0.6) is 0 Å². The van der Waals surface area contributed by atoms with E-state index in [0.717, 1.165) is 6.54 Å². The van der Waals surface area contributed by atoms with E-state index in [1.54, 1.807) is 11.9 Å². The molecule has 1 aliphatic carbocycles. The number of aromatic nitrogens is 2. The number of amides is 2. The number of hydrogen-bond donors (Lipinski definition) is 0. The van der Waals surface area contributed by atoms with Crippen LogP contribution < -0.4 is 0 Å². The van der Waals surface area contributed by atoms with Gasteiger partial charge in [-0.1, -0.05) is 11.9 Å². The minimum absolute atomic E-state index is 0.0735. The van der Waals surface area contributed by atoms with E-state index in [2.05, 4.69) is 14.5 Å². The fourth-order valence-corrected chi connectivity index (χ4v) is 4.74. The van der Waals surface area contributed by atoms with Gasteiger partial charge in [0, 0.05) is 23.9 Å². The molecule has 1 saturated heterocycles. The van der Waals surface area contributed by atoms with Crippen LogP contribution in [0.1, 0.15) is 45.9 Å². The molecule has 0 unspecified atom stereocenters. The number of halogens is 2. The van der Waals surface area contributed by atoms with E-state index >= 15 is 0 Å². The summed E-state index contributed by atoms with van der Waals surface area (Å²) in [4.78, 5) is 27.1. The summed E-state index contributed by atoms with van der Waals surface area (Å²) in [6, 6.07) is 4.36. The first-order chi connectivity index (χ1) is 14.5. The lowest BCUT2D eigenvalue weighted by molar-refractivity contribution is 0.0228. The topological polar surface area (TPSA) is 88.8 Å². The van der Waals surface area contributed by atoms with Gasteiger partial charge in [0.1, 0.15) is 0 Å². The van der Waals surface area contributed by atoms with Crippen LogP contribution in [-0.2, 0) is 4.74 Å². The number of nitrogens with zero attached hydrogens (tertiary/aromatic N) is 4. The van der Waals surface area contributed by atoms with Crippen molar-refractivity contribution in [2.45, 2.75) is 30.6 Å². The second-order valence-electron chi connectivity index (χ2n) is 7.40. The number of benzene rings is 1. The standard InChI is InChI=1S/C19H18F2N4O4S/c20-15(21)17-23-22-16(29-17)10-1-4-13-14(7-10)19(27)24(18(13)26)8-11-9-28-6-5-25(11)30-12-2-3-12/h1,4,7,11-12,15H,2-3,5-6,8-9H2/t11-/m0/s1. The molecule has 30 heavy (non-hydrogen) atoms. The number of carbonyl (C=O) groups excluding carboxylic acids is 2. The number of morpholine rings is 1. The molecule has 5 rings (SSSR count). The van der Waals surface area contributed by atoms with Gasteiger partial charge in [-0.3, -0.25) is 14.5 Å². The van der Waals surface area contributed by atoms with Crippen molar-refractivity contribution < 1.29 is 27.5 Å². The van der Waals surface area contributed by atoms with Crippen molar-refractivity contribution in [3.05, 3.63) is 35.2 Å². The molecule has 2 aromatic rings. The maximum atomic E-state index is 13.0.